The molecule has 0 radical (unpaired) electrons. The number of carboxylic acid groups (broad SMARTS) is 1. The number of sulfonamides is 1. The van der Waals surface area contributed by atoms with Gasteiger partial charge in [0, 0.05) is 34.1 Å². The molecule has 1 atom stereocenters. The molecule has 0 aliphatic rings. The Morgan fingerprint density at radius 1 is 0.878 bits per heavy atom. The van der Waals surface area contributed by atoms with Crippen molar-refractivity contribution < 1.29 is 27.9 Å². The molecule has 0 fully saturated rings. The number of carbonyl (C=O) groups excluding carboxylic acids is 1. The average Bonchev–Trinajstić information content (AvgIpc) is 2.96. The van der Waals surface area contributed by atoms with Crippen LogP contribution in [-0.4, -0.2) is 38.6 Å². The Morgan fingerprint density at radius 2 is 1.51 bits per heavy atom. The van der Waals surface area contributed by atoms with E-state index in [2.05, 4.69) is 10.0 Å². The fraction of sp³-hybridized carbons (Fsp3) is 0.133. The highest BCUT2D eigenvalue weighted by molar-refractivity contribution is 7.89. The van der Waals surface area contributed by atoms with E-state index in [1.54, 1.807) is 0 Å². The van der Waals surface area contributed by atoms with E-state index in [1.165, 1.54) is 43.5 Å². The van der Waals surface area contributed by atoms with E-state index in [1.807, 2.05) is 54.6 Å². The third-order valence-corrected chi connectivity index (χ3v) is 8.07. The van der Waals surface area contributed by atoms with Gasteiger partial charge in [0.1, 0.15) is 11.8 Å². The topological polar surface area (TPSA) is 122 Å². The lowest BCUT2D eigenvalue weighted by molar-refractivity contribution is -0.139. The molecule has 4 rings (SSSR count). The number of benzene rings is 4. The van der Waals surface area contributed by atoms with Crippen molar-refractivity contribution in [1.29, 1.82) is 0 Å². The molecule has 4 aromatic rings. The molecule has 4 aromatic carbocycles. The van der Waals surface area contributed by atoms with Gasteiger partial charge in [-0.3, -0.25) is 4.79 Å². The number of hydrogen-bond donors (Lipinski definition) is 3. The molecule has 0 unspecified atom stereocenters. The van der Waals surface area contributed by atoms with Gasteiger partial charge < -0.3 is 15.2 Å². The standard InChI is InChI=1S/C30H26Cl2N2O6S/c1-40-28-14-22(11-12-23(28)18-33-41(38,39)26-16-24(31)15-25(32)17-26)29(35)34-27(30(36)37)13-19-7-9-21(10-8-19)20-5-3-2-4-6-20/h2-12,14-17,27,33H,13,18H2,1H3,(H,34,35)(H,36,37)/t27-/m0/s1. The predicted molar refractivity (Wildman–Crippen MR) is 158 cm³/mol. The van der Waals surface area contributed by atoms with Crippen LogP contribution in [0.1, 0.15) is 21.5 Å². The van der Waals surface area contributed by atoms with Crippen LogP contribution in [0.5, 0.6) is 5.75 Å². The number of methoxy groups -OCH3 is 1. The minimum atomic E-state index is -3.95. The number of carbonyl (C=O) groups is 2. The largest absolute Gasteiger partial charge is 0.496 e. The van der Waals surface area contributed by atoms with Crippen molar-refractivity contribution in [3.05, 3.63) is 118 Å². The average molecular weight is 614 g/mol. The third-order valence-electron chi connectivity index (χ3n) is 6.25. The van der Waals surface area contributed by atoms with Gasteiger partial charge in [0.25, 0.3) is 5.91 Å². The molecule has 11 heteroatoms. The van der Waals surface area contributed by atoms with Gasteiger partial charge in [0.2, 0.25) is 10.0 Å². The summed E-state index contributed by atoms with van der Waals surface area (Å²) < 4.78 is 33.3. The molecule has 0 saturated carbocycles. The zero-order valence-electron chi connectivity index (χ0n) is 21.8. The van der Waals surface area contributed by atoms with Gasteiger partial charge in [0.05, 0.1) is 12.0 Å². The molecule has 41 heavy (non-hydrogen) atoms. The van der Waals surface area contributed by atoms with Crippen molar-refractivity contribution in [2.24, 2.45) is 0 Å². The van der Waals surface area contributed by atoms with Crippen LogP contribution in [-0.2, 0) is 27.8 Å². The van der Waals surface area contributed by atoms with Gasteiger partial charge in [-0.05, 0) is 47.0 Å². The van der Waals surface area contributed by atoms with Crippen LogP contribution >= 0.6 is 23.2 Å². The zero-order chi connectivity index (χ0) is 29.6. The van der Waals surface area contributed by atoms with Gasteiger partial charge in [0.15, 0.2) is 0 Å². The number of halogens is 2. The Balaban J connectivity index is 1.43. The molecular formula is C30H26Cl2N2O6S. The molecule has 212 valence electrons. The number of hydrogen-bond acceptors (Lipinski definition) is 5. The van der Waals surface area contributed by atoms with Crippen molar-refractivity contribution in [1.82, 2.24) is 10.0 Å². The molecule has 0 aromatic heterocycles. The van der Waals surface area contributed by atoms with E-state index in [9.17, 15) is 23.1 Å². The summed E-state index contributed by atoms with van der Waals surface area (Å²) in [6.07, 6.45) is 0.0840. The minimum Gasteiger partial charge on any atom is -0.496 e. The summed E-state index contributed by atoms with van der Waals surface area (Å²) in [5, 5.41) is 12.7. The second-order valence-corrected chi connectivity index (χ2v) is 11.7. The third kappa shape index (κ3) is 7.86. The summed E-state index contributed by atoms with van der Waals surface area (Å²) in [4.78, 5) is 24.8. The predicted octanol–water partition coefficient (Wildman–Crippen LogP) is 5.57. The van der Waals surface area contributed by atoms with Crippen molar-refractivity contribution in [3.63, 3.8) is 0 Å². The Morgan fingerprint density at radius 3 is 2.12 bits per heavy atom. The van der Waals surface area contributed by atoms with Gasteiger partial charge in [-0.1, -0.05) is 83.9 Å². The van der Waals surface area contributed by atoms with E-state index < -0.39 is 27.9 Å². The SMILES string of the molecule is COc1cc(C(=O)N[C@@H](Cc2ccc(-c3ccccc3)cc2)C(=O)O)ccc1CNS(=O)(=O)c1cc(Cl)cc(Cl)c1. The van der Waals surface area contributed by atoms with Gasteiger partial charge >= 0.3 is 5.97 Å². The maximum Gasteiger partial charge on any atom is 0.326 e. The summed E-state index contributed by atoms with van der Waals surface area (Å²) in [5.74, 6) is -1.55. The van der Waals surface area contributed by atoms with Crippen molar-refractivity contribution in [2.45, 2.75) is 23.9 Å². The summed E-state index contributed by atoms with van der Waals surface area (Å²) in [7, 11) is -2.57. The Hall–Kier alpha value is -3.89. The smallest absolute Gasteiger partial charge is 0.326 e. The van der Waals surface area contributed by atoms with E-state index in [-0.39, 0.29) is 39.2 Å². The van der Waals surface area contributed by atoms with Gasteiger partial charge in [-0.2, -0.15) is 0 Å². The Labute approximate surface area is 247 Å². The first-order valence-electron chi connectivity index (χ1n) is 12.4. The fourth-order valence-electron chi connectivity index (χ4n) is 4.11. The first kappa shape index (κ1) is 30.1. The van der Waals surface area contributed by atoms with E-state index in [0.717, 1.165) is 16.7 Å². The Kier molecular flexibility index (Phi) is 9.67. The number of ether oxygens (including phenoxy) is 1. The van der Waals surface area contributed by atoms with Crippen LogP contribution in [0.3, 0.4) is 0 Å². The molecule has 3 N–H and O–H groups in total. The molecule has 0 saturated heterocycles. The van der Waals surface area contributed by atoms with Crippen molar-refractivity contribution >= 4 is 45.1 Å². The highest BCUT2D eigenvalue weighted by atomic mass is 35.5. The summed E-state index contributed by atoms with van der Waals surface area (Å²) >= 11 is 11.9. The van der Waals surface area contributed by atoms with Crippen LogP contribution < -0.4 is 14.8 Å². The van der Waals surface area contributed by atoms with E-state index in [4.69, 9.17) is 27.9 Å². The van der Waals surface area contributed by atoms with Crippen molar-refractivity contribution in [3.8, 4) is 16.9 Å². The molecule has 8 nitrogen and oxygen atoms in total. The lowest BCUT2D eigenvalue weighted by Crippen LogP contribution is -2.42. The van der Waals surface area contributed by atoms with Crippen molar-refractivity contribution in [2.75, 3.05) is 7.11 Å². The molecule has 0 heterocycles. The lowest BCUT2D eigenvalue weighted by Gasteiger charge is -2.16. The van der Waals surface area contributed by atoms with E-state index >= 15 is 0 Å². The minimum absolute atomic E-state index is 0.0840. The van der Waals surface area contributed by atoms with Crippen LogP contribution in [0.4, 0.5) is 0 Å². The van der Waals surface area contributed by atoms with Crippen LogP contribution in [0, 0.1) is 0 Å². The lowest BCUT2D eigenvalue weighted by atomic mass is 10.0. The Bertz CT molecular complexity index is 1640. The van der Waals surface area contributed by atoms with Crippen LogP contribution in [0.25, 0.3) is 11.1 Å². The summed E-state index contributed by atoms with van der Waals surface area (Å²) in [6.45, 7) is -0.145. The van der Waals surface area contributed by atoms with Gasteiger partial charge in [-0.25, -0.2) is 17.9 Å². The number of rotatable bonds is 11. The molecule has 0 aliphatic heterocycles. The first-order valence-corrected chi connectivity index (χ1v) is 14.6. The maximum absolute atomic E-state index is 13.0. The molecular weight excluding hydrogens is 587 g/mol. The first-order chi connectivity index (χ1) is 19.6. The molecule has 0 bridgehead atoms. The van der Waals surface area contributed by atoms with E-state index in [0.29, 0.717) is 5.56 Å². The molecule has 0 aliphatic carbocycles. The van der Waals surface area contributed by atoms with Crippen LogP contribution in [0.2, 0.25) is 10.0 Å². The summed E-state index contributed by atoms with van der Waals surface area (Å²) in [5.41, 5.74) is 3.39. The molecule has 0 spiro atoms. The monoisotopic (exact) mass is 612 g/mol. The number of amides is 1. The second kappa shape index (κ2) is 13.2. The normalized spacial score (nSPS) is 12.0. The highest BCUT2D eigenvalue weighted by Crippen LogP contribution is 2.25. The quantitative estimate of drug-likeness (QED) is 0.203. The highest BCUT2D eigenvalue weighted by Gasteiger charge is 2.22. The maximum atomic E-state index is 13.0. The van der Waals surface area contributed by atoms with Crippen LogP contribution in [0.15, 0.2) is 95.9 Å². The molecule has 1 amide bonds. The zero-order valence-corrected chi connectivity index (χ0v) is 24.1. The van der Waals surface area contributed by atoms with Gasteiger partial charge in [-0.15, -0.1) is 0 Å². The fourth-order valence-corrected chi connectivity index (χ4v) is 5.84. The number of nitrogens with one attached hydrogen (secondary N) is 2. The number of aliphatic carboxylic acids is 1. The number of carboxylic acids is 1. The second-order valence-electron chi connectivity index (χ2n) is 9.09. The summed E-state index contributed by atoms with van der Waals surface area (Å²) in [6, 6.07) is 24.5.